The molecule has 4 nitrogen and oxygen atoms in total. The summed E-state index contributed by atoms with van der Waals surface area (Å²) in [5.74, 6) is -0.567. The van der Waals surface area contributed by atoms with Crippen LogP contribution in [0.15, 0.2) is 95.4 Å². The molecule has 0 saturated heterocycles. The maximum Gasteiger partial charge on any atom is 0.301 e. The van der Waals surface area contributed by atoms with Gasteiger partial charge < -0.3 is 4.74 Å². The molecular weight excluding hydrogens is 358 g/mol. The maximum atomic E-state index is 13.3. The first-order valence-corrected chi connectivity index (χ1v) is 9.18. The van der Waals surface area contributed by atoms with E-state index in [0.717, 1.165) is 11.9 Å². The van der Waals surface area contributed by atoms with E-state index in [9.17, 15) is 9.59 Å². The molecular formula is C22H15NO3S. The minimum atomic E-state index is -1.77. The average molecular weight is 373 g/mol. The molecule has 0 radical (unpaired) electrons. The third kappa shape index (κ3) is 3.17. The number of carbonyl (C=O) groups excluding carboxylic acids is 2. The number of Topliss-reactive ketones (excluding diaryl/α,β-unsaturated/α-hetero) is 2. The van der Waals surface area contributed by atoms with Crippen LogP contribution in [0.2, 0.25) is 0 Å². The Bertz CT molecular complexity index is 950. The van der Waals surface area contributed by atoms with Gasteiger partial charge in [-0.15, -0.1) is 0 Å². The van der Waals surface area contributed by atoms with E-state index >= 15 is 0 Å². The summed E-state index contributed by atoms with van der Waals surface area (Å²) in [4.78, 5) is 24.9. The second-order valence-corrected chi connectivity index (χ2v) is 6.90. The van der Waals surface area contributed by atoms with Crippen molar-refractivity contribution in [1.82, 2.24) is 0 Å². The third-order valence-electron chi connectivity index (χ3n) is 4.19. The molecule has 27 heavy (non-hydrogen) atoms. The normalized spacial score (nSPS) is 14.9. The van der Waals surface area contributed by atoms with Gasteiger partial charge in [-0.2, -0.15) is 4.40 Å². The summed E-state index contributed by atoms with van der Waals surface area (Å²) in [6, 6.07) is 26.6. The van der Waals surface area contributed by atoms with Crippen molar-refractivity contribution in [3.63, 3.8) is 0 Å². The van der Waals surface area contributed by atoms with Crippen LogP contribution in [-0.4, -0.2) is 22.4 Å². The zero-order valence-electron chi connectivity index (χ0n) is 14.2. The van der Waals surface area contributed by atoms with Crippen molar-refractivity contribution in [1.29, 1.82) is 0 Å². The Morgan fingerprint density at radius 2 is 1.15 bits per heavy atom. The predicted octanol–water partition coefficient (Wildman–Crippen LogP) is 4.57. The fourth-order valence-corrected chi connectivity index (χ4v) is 3.68. The summed E-state index contributed by atoms with van der Waals surface area (Å²) in [7, 11) is 0. The van der Waals surface area contributed by atoms with E-state index in [1.165, 1.54) is 0 Å². The van der Waals surface area contributed by atoms with Gasteiger partial charge in [-0.1, -0.05) is 78.9 Å². The van der Waals surface area contributed by atoms with Crippen molar-refractivity contribution in [2.24, 2.45) is 4.40 Å². The topological polar surface area (TPSA) is 55.7 Å². The van der Waals surface area contributed by atoms with Crippen LogP contribution in [0.1, 0.15) is 26.3 Å². The van der Waals surface area contributed by atoms with E-state index in [1.807, 2.05) is 42.5 Å². The standard InChI is InChI=1S/C22H15NO3S/c24-19(16-10-4-1-5-11-16)22(20(25)17-12-6-2-7-13-17)26-21(23-27-22)18-14-8-3-9-15-18/h1-15H. The number of nitrogens with zero attached hydrogens (tertiary/aromatic N) is 1. The molecule has 4 rings (SSSR count). The number of hydrogen-bond donors (Lipinski definition) is 0. The van der Waals surface area contributed by atoms with Crippen molar-refractivity contribution in [2.45, 2.75) is 4.93 Å². The molecule has 0 amide bonds. The first-order valence-electron chi connectivity index (χ1n) is 8.41. The number of benzene rings is 3. The number of ether oxygens (including phenoxy) is 1. The molecule has 0 saturated carbocycles. The summed E-state index contributed by atoms with van der Waals surface area (Å²) >= 11 is 0.865. The molecule has 0 fully saturated rings. The van der Waals surface area contributed by atoms with E-state index in [0.29, 0.717) is 16.7 Å². The van der Waals surface area contributed by atoms with E-state index in [2.05, 4.69) is 4.40 Å². The monoisotopic (exact) mass is 373 g/mol. The van der Waals surface area contributed by atoms with Gasteiger partial charge in [0.1, 0.15) is 0 Å². The second-order valence-electron chi connectivity index (χ2n) is 5.96. The Labute approximate surface area is 161 Å². The molecule has 132 valence electrons. The summed E-state index contributed by atoms with van der Waals surface area (Å²) in [5.41, 5.74) is 1.52. The molecule has 0 N–H and O–H groups in total. The van der Waals surface area contributed by atoms with E-state index in [-0.39, 0.29) is 5.90 Å². The zero-order chi connectivity index (χ0) is 18.7. The highest BCUT2D eigenvalue weighted by molar-refractivity contribution is 8.01. The second kappa shape index (κ2) is 7.21. The van der Waals surface area contributed by atoms with Crippen LogP contribution in [0, 0.1) is 0 Å². The third-order valence-corrected chi connectivity index (χ3v) is 5.16. The Morgan fingerprint density at radius 1 is 0.704 bits per heavy atom. The number of hydrogen-bond acceptors (Lipinski definition) is 5. The van der Waals surface area contributed by atoms with Gasteiger partial charge in [0.2, 0.25) is 17.5 Å². The fourth-order valence-electron chi connectivity index (χ4n) is 2.81. The lowest BCUT2D eigenvalue weighted by atomic mass is 9.97. The molecule has 0 aromatic heterocycles. The van der Waals surface area contributed by atoms with Crippen LogP contribution in [0.3, 0.4) is 0 Å². The molecule has 3 aromatic rings. The lowest BCUT2D eigenvalue weighted by Crippen LogP contribution is -2.45. The first kappa shape index (κ1) is 17.2. The van der Waals surface area contributed by atoms with Crippen molar-refractivity contribution in [3.8, 4) is 0 Å². The van der Waals surface area contributed by atoms with Crippen LogP contribution in [0.4, 0.5) is 0 Å². The number of rotatable bonds is 5. The molecule has 0 unspecified atom stereocenters. The molecule has 1 heterocycles. The Kier molecular flexibility index (Phi) is 4.60. The van der Waals surface area contributed by atoms with E-state index in [1.54, 1.807) is 48.5 Å². The minimum absolute atomic E-state index is 0.272. The van der Waals surface area contributed by atoms with Crippen LogP contribution >= 0.6 is 11.9 Å². The Morgan fingerprint density at radius 3 is 1.63 bits per heavy atom. The van der Waals surface area contributed by atoms with Crippen LogP contribution in [0.25, 0.3) is 0 Å². The van der Waals surface area contributed by atoms with Gasteiger partial charge in [-0.05, 0) is 12.1 Å². The Balaban J connectivity index is 1.76. The average Bonchev–Trinajstić information content (AvgIpc) is 3.21. The largest absolute Gasteiger partial charge is 0.441 e. The Hall–Kier alpha value is -3.18. The minimum Gasteiger partial charge on any atom is -0.441 e. The summed E-state index contributed by atoms with van der Waals surface area (Å²) < 4.78 is 10.3. The molecule has 3 aromatic carbocycles. The summed E-state index contributed by atoms with van der Waals surface area (Å²) in [6.07, 6.45) is 0. The van der Waals surface area contributed by atoms with Crippen LogP contribution in [-0.2, 0) is 4.74 Å². The van der Waals surface area contributed by atoms with Crippen LogP contribution < -0.4 is 0 Å². The van der Waals surface area contributed by atoms with Crippen molar-refractivity contribution in [2.75, 3.05) is 0 Å². The SMILES string of the molecule is O=C(c1ccccc1)C1(C(=O)c2ccccc2)OC(c2ccccc2)=NS1. The highest BCUT2D eigenvalue weighted by Gasteiger charge is 2.54. The van der Waals surface area contributed by atoms with Gasteiger partial charge in [-0.3, -0.25) is 9.59 Å². The molecule has 1 aliphatic heterocycles. The molecule has 0 spiro atoms. The van der Waals surface area contributed by atoms with E-state index in [4.69, 9.17) is 4.74 Å². The van der Waals surface area contributed by atoms with Crippen molar-refractivity contribution < 1.29 is 14.3 Å². The highest BCUT2D eigenvalue weighted by Crippen LogP contribution is 2.41. The molecule has 1 aliphatic rings. The maximum absolute atomic E-state index is 13.3. The van der Waals surface area contributed by atoms with Gasteiger partial charge in [0.25, 0.3) is 0 Å². The van der Waals surface area contributed by atoms with E-state index < -0.39 is 16.5 Å². The molecule has 0 bridgehead atoms. The molecule has 0 atom stereocenters. The van der Waals surface area contributed by atoms with Gasteiger partial charge in [0.05, 0.1) is 0 Å². The van der Waals surface area contributed by atoms with Gasteiger partial charge in [0, 0.05) is 28.6 Å². The lowest BCUT2D eigenvalue weighted by Gasteiger charge is -2.24. The smallest absolute Gasteiger partial charge is 0.301 e. The quantitative estimate of drug-likeness (QED) is 0.373. The summed E-state index contributed by atoms with van der Waals surface area (Å²) in [6.45, 7) is 0. The lowest BCUT2D eigenvalue weighted by molar-refractivity contribution is 0.0599. The van der Waals surface area contributed by atoms with Gasteiger partial charge >= 0.3 is 4.93 Å². The molecule has 0 aliphatic carbocycles. The first-order chi connectivity index (χ1) is 13.2. The van der Waals surface area contributed by atoms with Crippen molar-refractivity contribution >= 4 is 29.4 Å². The van der Waals surface area contributed by atoms with Crippen LogP contribution in [0.5, 0.6) is 0 Å². The predicted molar refractivity (Wildman–Crippen MR) is 106 cm³/mol. The highest BCUT2D eigenvalue weighted by atomic mass is 32.2. The summed E-state index contributed by atoms with van der Waals surface area (Å²) in [5, 5.41) is 0. The van der Waals surface area contributed by atoms with Gasteiger partial charge in [-0.25, -0.2) is 0 Å². The van der Waals surface area contributed by atoms with Crippen molar-refractivity contribution in [3.05, 3.63) is 108 Å². The zero-order valence-corrected chi connectivity index (χ0v) is 15.1. The number of carbonyl (C=O) groups is 2. The molecule has 5 heteroatoms. The fraction of sp³-hybridized carbons (Fsp3) is 0.0455. The van der Waals surface area contributed by atoms with Gasteiger partial charge in [0.15, 0.2) is 0 Å². The number of ketones is 2.